The van der Waals surface area contributed by atoms with Crippen molar-refractivity contribution in [2.24, 2.45) is 11.7 Å². The van der Waals surface area contributed by atoms with Gasteiger partial charge in [-0.25, -0.2) is 0 Å². The van der Waals surface area contributed by atoms with Gasteiger partial charge in [-0.15, -0.1) is 10.2 Å². The fourth-order valence-electron chi connectivity index (χ4n) is 10.9. The number of aliphatic hydroxyl groups is 7. The van der Waals surface area contributed by atoms with Gasteiger partial charge in [0.15, 0.2) is 11.5 Å². The summed E-state index contributed by atoms with van der Waals surface area (Å²) < 4.78 is 36.7. The number of nitrogens with zero attached hydrogens (tertiary/aromatic N) is 5. The summed E-state index contributed by atoms with van der Waals surface area (Å²) >= 11 is 1.31. The van der Waals surface area contributed by atoms with Gasteiger partial charge in [0.1, 0.15) is 58.5 Å². The van der Waals surface area contributed by atoms with Gasteiger partial charge >= 0.3 is 10.4 Å². The number of aromatic hydroxyl groups is 1. The Morgan fingerprint density at radius 3 is 1.98 bits per heavy atom. The Balaban J connectivity index is 1.10. The second-order valence-corrected chi connectivity index (χ2v) is 24.2. The fraction of sp³-hybridized carbons (Fsp3) is 0.491. The number of aromatic nitrogens is 2. The van der Waals surface area contributed by atoms with Crippen LogP contribution >= 0.6 is 11.3 Å². The van der Waals surface area contributed by atoms with Crippen LogP contribution in [0, 0.1) is 5.92 Å². The molecular weight excluding hydrogens is 1200 g/mol. The van der Waals surface area contributed by atoms with Crippen molar-refractivity contribution in [3.05, 3.63) is 77.9 Å². The molecule has 88 heavy (non-hydrogen) atoms. The number of primary amides is 1. The van der Waals surface area contributed by atoms with E-state index in [1.807, 2.05) is 24.3 Å². The lowest BCUT2D eigenvalue weighted by molar-refractivity contribution is -0.148. The summed E-state index contributed by atoms with van der Waals surface area (Å²) in [6, 6.07) is 3.73. The van der Waals surface area contributed by atoms with Gasteiger partial charge in [0.25, 0.3) is 5.91 Å². The molecule has 0 aliphatic carbocycles. The van der Waals surface area contributed by atoms with E-state index >= 15 is 0 Å². The average Bonchev–Trinajstić information content (AvgIpc) is 2.22. The van der Waals surface area contributed by atoms with E-state index in [0.717, 1.165) is 56.2 Å². The van der Waals surface area contributed by atoms with Crippen LogP contribution in [0.2, 0.25) is 0 Å². The minimum atomic E-state index is -5.34. The van der Waals surface area contributed by atoms with E-state index in [1.165, 1.54) is 36.8 Å². The molecule has 1 aromatic heterocycles. The monoisotopic (exact) mass is 1270 g/mol. The van der Waals surface area contributed by atoms with E-state index in [-0.39, 0.29) is 5.56 Å². The Hall–Kier alpha value is -7.99. The van der Waals surface area contributed by atoms with Crippen LogP contribution in [0.3, 0.4) is 0 Å². The lowest BCUT2D eigenvalue weighted by Gasteiger charge is -2.34. The SMILES string of the molecule is CC(O)C1NC(=O)C(NC(=O)c2ccc(-c3nnc(-c4ccc(N5CCCCC5)cc4)s3)cc2)CC(O)CNC(=O)C2C(O)C(C)CN2C(=O)C(C(O)CC(N)=O)NC(=O)C(C(O)C(O)c2ccc(O)c(OS(=O)(=O)O)c2)NC(=O)C2CC(O)CN2C1=O. The lowest BCUT2D eigenvalue weighted by Crippen LogP contribution is -2.64. The Morgan fingerprint density at radius 1 is 0.761 bits per heavy atom. The predicted molar refractivity (Wildman–Crippen MR) is 307 cm³/mol. The average molecular weight is 1270 g/mol. The van der Waals surface area contributed by atoms with Gasteiger partial charge in [0.2, 0.25) is 41.4 Å². The number of hydrogen-bond acceptors (Lipinski definition) is 23. The third kappa shape index (κ3) is 15.6. The van der Waals surface area contributed by atoms with Crippen molar-refractivity contribution in [1.29, 1.82) is 0 Å². The minimum Gasteiger partial charge on any atom is -0.504 e. The standard InChI is InChI=1S/C55H69N11O20S2/c1-25-23-66-43(44(25)73)51(80)57-22-32(68)19-34(58-47(76)27-6-8-28(9-7-27)52-62-63-53(87-52)29-10-13-31(14-11-29)64-16-4-3-5-17-64)48(77)59-40(26(2)67)54(81)65-24-33(69)20-35(65)49(78)61-42(50(79)60-41(55(66)82)37(71)21-39(56)72)46(75)45(74)30-12-15-36(70)38(18-30)86-88(83,84)85/h6-15,18,25-26,32-35,37,40-46,67-71,73-75H,3-5,16-17,19-24H2,1-2H3,(H2,56,72)(H,57,80)(H,58,76)(H,59,77)(H,60,79)(H,61,78)(H,83,84,85). The van der Waals surface area contributed by atoms with E-state index in [4.69, 9.17) is 5.73 Å². The molecule has 31 nitrogen and oxygen atoms in total. The van der Waals surface area contributed by atoms with Crippen molar-refractivity contribution in [2.45, 2.75) is 131 Å². The normalized spacial score (nSPS) is 26.9. The smallest absolute Gasteiger partial charge is 0.446 e. The first-order chi connectivity index (χ1) is 41.6. The van der Waals surface area contributed by atoms with E-state index < -0.39 is 199 Å². The number of anilines is 1. The van der Waals surface area contributed by atoms with Crippen LogP contribution in [0.15, 0.2) is 66.7 Å². The maximum absolute atomic E-state index is 14.7. The molecule has 4 fully saturated rings. The third-order valence-electron chi connectivity index (χ3n) is 15.6. The highest BCUT2D eigenvalue weighted by Gasteiger charge is 2.50. The largest absolute Gasteiger partial charge is 0.504 e. The van der Waals surface area contributed by atoms with Crippen LogP contribution in [0.5, 0.6) is 11.5 Å². The number of carbonyl (C=O) groups is 8. The molecule has 476 valence electrons. The summed E-state index contributed by atoms with van der Waals surface area (Å²) in [4.78, 5) is 117. The first-order valence-electron chi connectivity index (χ1n) is 28.0. The topological polar surface area (TPSA) is 484 Å². The van der Waals surface area contributed by atoms with Crippen molar-refractivity contribution in [3.8, 4) is 32.6 Å². The molecule has 14 unspecified atom stereocenters. The van der Waals surface area contributed by atoms with Gasteiger partial charge in [0, 0.05) is 73.9 Å². The number of aliphatic hydroxyl groups excluding tert-OH is 7. The highest BCUT2D eigenvalue weighted by Crippen LogP contribution is 2.34. The summed E-state index contributed by atoms with van der Waals surface area (Å²) in [5, 5.41) is 111. The van der Waals surface area contributed by atoms with Crippen LogP contribution in [0.4, 0.5) is 5.69 Å². The Kier molecular flexibility index (Phi) is 21.0. The summed E-state index contributed by atoms with van der Waals surface area (Å²) in [7, 11) is -5.34. The number of carbonyl (C=O) groups excluding carboxylic acids is 8. The first-order valence-corrected chi connectivity index (χ1v) is 30.2. The molecule has 0 spiro atoms. The van der Waals surface area contributed by atoms with Gasteiger partial charge in [0.05, 0.1) is 36.9 Å². The van der Waals surface area contributed by atoms with E-state index in [0.29, 0.717) is 31.4 Å². The summed E-state index contributed by atoms with van der Waals surface area (Å²) in [6.45, 7) is 2.54. The fourth-order valence-corrected chi connectivity index (χ4v) is 12.1. The number of hydrogen-bond donors (Lipinski definition) is 15. The van der Waals surface area contributed by atoms with Crippen molar-refractivity contribution >= 4 is 74.7 Å². The molecule has 0 radical (unpaired) electrons. The number of piperidine rings is 1. The van der Waals surface area contributed by atoms with Crippen LogP contribution in [-0.2, 0) is 44.0 Å². The first kappa shape index (κ1) is 66.0. The highest BCUT2D eigenvalue weighted by atomic mass is 32.3. The quantitative estimate of drug-likeness (QED) is 0.0536. The Morgan fingerprint density at radius 2 is 1.36 bits per heavy atom. The third-order valence-corrected chi connectivity index (χ3v) is 17.0. The van der Waals surface area contributed by atoms with E-state index in [2.05, 4.69) is 45.9 Å². The number of amides is 8. The maximum Gasteiger partial charge on any atom is 0.446 e. The van der Waals surface area contributed by atoms with Gasteiger partial charge in [-0.1, -0.05) is 36.5 Å². The van der Waals surface area contributed by atoms with Crippen LogP contribution in [-0.4, -0.2) is 227 Å². The van der Waals surface area contributed by atoms with Crippen molar-refractivity contribution in [2.75, 3.05) is 37.6 Å². The molecule has 0 bridgehead atoms. The van der Waals surface area contributed by atoms with Crippen molar-refractivity contribution in [1.82, 2.24) is 46.6 Å². The van der Waals surface area contributed by atoms with Gasteiger partial charge < -0.3 is 92.1 Å². The van der Waals surface area contributed by atoms with Crippen LogP contribution in [0.1, 0.15) is 74.4 Å². The molecule has 4 aliphatic rings. The number of nitrogens with one attached hydrogen (secondary N) is 5. The number of benzene rings is 3. The number of nitrogens with two attached hydrogens (primary N) is 1. The summed E-state index contributed by atoms with van der Waals surface area (Å²) in [6.07, 6.45) is -13.2. The molecule has 14 atom stereocenters. The minimum absolute atomic E-state index is 0.0148. The molecular formula is C55H69N11O20S2. The molecule has 3 aromatic carbocycles. The molecule has 8 rings (SSSR count). The molecule has 4 aromatic rings. The van der Waals surface area contributed by atoms with Crippen molar-refractivity contribution in [3.63, 3.8) is 0 Å². The number of fused-ring (bicyclic) bond motifs is 2. The van der Waals surface area contributed by atoms with Crippen LogP contribution in [0.25, 0.3) is 21.1 Å². The molecule has 16 N–H and O–H groups in total. The second-order valence-electron chi connectivity index (χ2n) is 22.2. The van der Waals surface area contributed by atoms with Gasteiger partial charge in [-0.05, 0) is 80.3 Å². The molecule has 0 saturated carbocycles. The van der Waals surface area contributed by atoms with Crippen LogP contribution < -0.4 is 41.4 Å². The maximum atomic E-state index is 14.7. The number of phenols is 1. The second kappa shape index (κ2) is 28.0. The predicted octanol–water partition coefficient (Wildman–Crippen LogP) is -3.94. The summed E-state index contributed by atoms with van der Waals surface area (Å²) in [5.74, 6) is -13.1. The van der Waals surface area contributed by atoms with Gasteiger partial charge in [-0.3, -0.25) is 42.9 Å². The molecule has 4 saturated heterocycles. The molecule has 5 heterocycles. The summed E-state index contributed by atoms with van der Waals surface area (Å²) in [5.41, 5.74) is 7.32. The highest BCUT2D eigenvalue weighted by molar-refractivity contribution is 7.81. The zero-order valence-electron chi connectivity index (χ0n) is 47.4. The number of β-amino-alcohol motifs (C(OH)–C–C–N with tert-alkyl or cyclic N) is 1. The molecule has 8 amide bonds. The molecule has 4 aliphatic heterocycles. The Bertz CT molecular complexity index is 3350. The zero-order chi connectivity index (χ0) is 64.1. The molecule has 33 heteroatoms. The number of rotatable bonds is 14. The van der Waals surface area contributed by atoms with Crippen molar-refractivity contribution < 1.29 is 96.4 Å². The van der Waals surface area contributed by atoms with E-state index in [1.54, 1.807) is 12.1 Å². The van der Waals surface area contributed by atoms with Gasteiger partial charge in [-0.2, -0.15) is 8.42 Å². The number of phenolic OH excluding ortho intramolecular Hbond substituents is 1. The Labute approximate surface area is 506 Å². The van der Waals surface area contributed by atoms with E-state index in [9.17, 15) is 92.2 Å². The lowest BCUT2D eigenvalue weighted by atomic mass is 9.96. The zero-order valence-corrected chi connectivity index (χ0v) is 49.0.